The first kappa shape index (κ1) is 29.8. The lowest BCUT2D eigenvalue weighted by Crippen LogP contribution is -2.47. The Bertz CT molecular complexity index is 1480. The number of allylic oxidation sites excluding steroid dienone is 6. The molecule has 41 heavy (non-hydrogen) atoms. The maximum atomic E-state index is 14.1. The van der Waals surface area contributed by atoms with E-state index in [1.54, 1.807) is 26.2 Å². The largest absolute Gasteiger partial charge is 0.345 e. The summed E-state index contributed by atoms with van der Waals surface area (Å²) in [5, 5.41) is 3.95. The summed E-state index contributed by atoms with van der Waals surface area (Å²) in [5.74, 6) is -1.99. The molecule has 3 aromatic rings. The van der Waals surface area contributed by atoms with Crippen LogP contribution in [0, 0.1) is 5.82 Å². The number of aliphatic imine (C=N–C) groups is 1. The molecule has 0 radical (unpaired) electrons. The molecule has 1 aliphatic carbocycles. The van der Waals surface area contributed by atoms with Crippen molar-refractivity contribution >= 4 is 32.1 Å². The summed E-state index contributed by atoms with van der Waals surface area (Å²) in [6.45, 7) is 1.93. The van der Waals surface area contributed by atoms with E-state index < -0.39 is 12.1 Å². The molecule has 2 amide bonds. The summed E-state index contributed by atoms with van der Waals surface area (Å²) in [6, 6.07) is 23.5. The summed E-state index contributed by atoms with van der Waals surface area (Å²) in [6.07, 6.45) is 9.34. The van der Waals surface area contributed by atoms with Crippen molar-refractivity contribution in [1.29, 1.82) is 0 Å². The van der Waals surface area contributed by atoms with Crippen LogP contribution in [0.25, 0.3) is 0 Å². The lowest BCUT2D eigenvalue weighted by molar-refractivity contribution is -0.134. The molecule has 7 heteroatoms. The van der Waals surface area contributed by atoms with E-state index in [1.165, 1.54) is 17.0 Å². The van der Waals surface area contributed by atoms with Crippen molar-refractivity contribution in [2.45, 2.75) is 31.3 Å². The average Bonchev–Trinajstić information content (AvgIpc) is 3.26. The second-order valence-corrected chi connectivity index (χ2v) is 10.8. The predicted molar refractivity (Wildman–Crippen MR) is 168 cm³/mol. The number of nitrogens with zero attached hydrogens (tertiary/aromatic N) is 2. The number of amides is 2. The van der Waals surface area contributed by atoms with Crippen molar-refractivity contribution in [1.82, 2.24) is 10.2 Å². The van der Waals surface area contributed by atoms with Crippen LogP contribution in [0.3, 0.4) is 0 Å². The number of likely N-dealkylation sites (N-methyl/N-ethyl adjacent to an activating group) is 1. The standard InChI is InChI=1S/C34H35FN3O2P/c1-23(24-15-19-28(35)20-16-24)30(25-17-21-29(41)22-18-25)33(39)37-32(34(40)38(2)3)36-31(27-13-9-6-10-14-27)26-11-7-4-5-8-12-26/h4-11,13-23,30,32H,12,41H2,1-3H3,(H,37,39)/b36-31+. The zero-order chi connectivity index (χ0) is 29.4. The third-order valence-corrected chi connectivity index (χ3v) is 7.42. The molecule has 3 aromatic carbocycles. The SMILES string of the molecule is CC(c1ccc(F)cc1)C(C(=O)NC(/N=C(\C1=CC=CC=CC1)c1ccccc1)C(=O)N(C)C)c1ccc(P)cc1. The molecule has 4 atom stereocenters. The van der Waals surface area contributed by atoms with Crippen molar-refractivity contribution in [3.05, 3.63) is 137 Å². The van der Waals surface area contributed by atoms with Gasteiger partial charge in [0.1, 0.15) is 5.82 Å². The van der Waals surface area contributed by atoms with Crippen molar-refractivity contribution in [2.75, 3.05) is 14.1 Å². The van der Waals surface area contributed by atoms with Crippen LogP contribution < -0.4 is 10.6 Å². The van der Waals surface area contributed by atoms with E-state index in [2.05, 4.69) is 14.6 Å². The zero-order valence-corrected chi connectivity index (χ0v) is 24.7. The number of benzene rings is 3. The minimum absolute atomic E-state index is 0.307. The highest BCUT2D eigenvalue weighted by Gasteiger charge is 2.32. The first-order valence-corrected chi connectivity index (χ1v) is 14.1. The lowest BCUT2D eigenvalue weighted by Gasteiger charge is -2.27. The number of carbonyl (C=O) groups is 2. The van der Waals surface area contributed by atoms with Gasteiger partial charge in [0, 0.05) is 19.7 Å². The third-order valence-electron chi connectivity index (χ3n) is 7.03. The molecule has 0 fully saturated rings. The van der Waals surface area contributed by atoms with Crippen molar-refractivity contribution in [3.8, 4) is 0 Å². The molecule has 5 nitrogen and oxygen atoms in total. The van der Waals surface area contributed by atoms with E-state index in [0.29, 0.717) is 12.1 Å². The van der Waals surface area contributed by atoms with Crippen LogP contribution in [0.1, 0.15) is 41.9 Å². The predicted octanol–water partition coefficient (Wildman–Crippen LogP) is 5.68. The van der Waals surface area contributed by atoms with Crippen LogP contribution >= 0.6 is 9.24 Å². The molecule has 0 saturated heterocycles. The normalized spacial score (nSPS) is 15.3. The Morgan fingerprint density at radius 2 is 1.56 bits per heavy atom. The molecule has 0 aromatic heterocycles. The molecule has 0 spiro atoms. The van der Waals surface area contributed by atoms with Crippen molar-refractivity contribution in [3.63, 3.8) is 0 Å². The van der Waals surface area contributed by atoms with Gasteiger partial charge in [0.25, 0.3) is 5.91 Å². The molecule has 0 saturated carbocycles. The second-order valence-electron chi connectivity index (χ2n) is 10.2. The Balaban J connectivity index is 1.77. The fraction of sp³-hybridized carbons (Fsp3) is 0.206. The smallest absolute Gasteiger partial charge is 0.267 e. The quantitative estimate of drug-likeness (QED) is 0.267. The van der Waals surface area contributed by atoms with Crippen molar-refractivity contribution in [2.24, 2.45) is 4.99 Å². The Morgan fingerprint density at radius 3 is 2.22 bits per heavy atom. The fourth-order valence-electron chi connectivity index (χ4n) is 4.77. The van der Waals surface area contributed by atoms with Gasteiger partial charge in [-0.1, -0.05) is 104 Å². The van der Waals surface area contributed by atoms with E-state index in [1.807, 2.05) is 91.9 Å². The van der Waals surface area contributed by atoms with Crippen LogP contribution in [0.2, 0.25) is 0 Å². The van der Waals surface area contributed by atoms with Crippen LogP contribution in [0.4, 0.5) is 4.39 Å². The van der Waals surface area contributed by atoms with Gasteiger partial charge in [-0.3, -0.25) is 9.59 Å². The third kappa shape index (κ3) is 7.74. The van der Waals surface area contributed by atoms with E-state index in [9.17, 15) is 14.0 Å². The van der Waals surface area contributed by atoms with Crippen LogP contribution in [0.5, 0.6) is 0 Å². The van der Waals surface area contributed by atoms with Gasteiger partial charge in [-0.05, 0) is 46.5 Å². The Labute approximate surface area is 243 Å². The summed E-state index contributed by atoms with van der Waals surface area (Å²) in [7, 11) is 5.93. The van der Waals surface area contributed by atoms with Gasteiger partial charge in [0.15, 0.2) is 0 Å². The van der Waals surface area contributed by atoms with E-state index in [4.69, 9.17) is 4.99 Å². The van der Waals surface area contributed by atoms with Gasteiger partial charge in [-0.2, -0.15) is 0 Å². The Kier molecular flexibility index (Phi) is 10.2. The highest BCUT2D eigenvalue weighted by molar-refractivity contribution is 7.27. The number of rotatable bonds is 9. The maximum absolute atomic E-state index is 14.1. The van der Waals surface area contributed by atoms with Crippen LogP contribution in [-0.4, -0.2) is 42.7 Å². The molecule has 0 heterocycles. The molecule has 0 bridgehead atoms. The minimum atomic E-state index is -1.16. The van der Waals surface area contributed by atoms with E-state index >= 15 is 0 Å². The van der Waals surface area contributed by atoms with Crippen LogP contribution in [-0.2, 0) is 9.59 Å². The minimum Gasteiger partial charge on any atom is -0.345 e. The molecule has 4 rings (SSSR count). The molecule has 210 valence electrons. The molecular formula is C34H35FN3O2P. The topological polar surface area (TPSA) is 61.8 Å². The molecule has 0 aliphatic heterocycles. The monoisotopic (exact) mass is 567 g/mol. The van der Waals surface area contributed by atoms with Crippen molar-refractivity contribution < 1.29 is 14.0 Å². The number of halogens is 1. The zero-order valence-electron chi connectivity index (χ0n) is 23.5. The van der Waals surface area contributed by atoms with Gasteiger partial charge < -0.3 is 10.2 Å². The summed E-state index contributed by atoms with van der Waals surface area (Å²) in [4.78, 5) is 34.0. The van der Waals surface area contributed by atoms with Gasteiger partial charge in [0.05, 0.1) is 11.6 Å². The highest BCUT2D eigenvalue weighted by atomic mass is 31.0. The van der Waals surface area contributed by atoms with Gasteiger partial charge in [-0.15, -0.1) is 9.24 Å². The molecule has 1 aliphatic rings. The molecule has 4 unspecified atom stereocenters. The number of hydrogen-bond acceptors (Lipinski definition) is 3. The first-order valence-electron chi connectivity index (χ1n) is 13.5. The highest BCUT2D eigenvalue weighted by Crippen LogP contribution is 2.33. The maximum Gasteiger partial charge on any atom is 0.267 e. The summed E-state index contributed by atoms with van der Waals surface area (Å²) >= 11 is 0. The van der Waals surface area contributed by atoms with E-state index in [-0.39, 0.29) is 23.5 Å². The lowest BCUT2D eigenvalue weighted by atomic mass is 9.82. The number of carbonyl (C=O) groups excluding carboxylic acids is 2. The van der Waals surface area contributed by atoms with Gasteiger partial charge in [0.2, 0.25) is 12.1 Å². The molecule has 1 N–H and O–H groups in total. The van der Waals surface area contributed by atoms with Crippen LogP contribution in [0.15, 0.2) is 120 Å². The first-order chi connectivity index (χ1) is 19.7. The van der Waals surface area contributed by atoms with Gasteiger partial charge >= 0.3 is 0 Å². The Hall–Kier alpha value is -4.15. The van der Waals surface area contributed by atoms with Gasteiger partial charge in [-0.25, -0.2) is 9.38 Å². The number of hydrogen-bond donors (Lipinski definition) is 1. The summed E-state index contributed by atoms with van der Waals surface area (Å²) < 4.78 is 13.7. The molecular weight excluding hydrogens is 532 g/mol. The Morgan fingerprint density at radius 1 is 0.902 bits per heavy atom. The van der Waals surface area contributed by atoms with E-state index in [0.717, 1.165) is 27.6 Å². The fourth-order valence-corrected chi connectivity index (χ4v) is 4.96. The second kappa shape index (κ2) is 14.0. The summed E-state index contributed by atoms with van der Waals surface area (Å²) in [5.41, 5.74) is 4.01. The average molecular weight is 568 g/mol. The number of nitrogens with one attached hydrogen (secondary N) is 1.